The second-order valence-corrected chi connectivity index (χ2v) is 11.7. The Hall–Kier alpha value is -3.17. The fraction of sp³-hybridized carbons (Fsp3) is 0.250. The van der Waals surface area contributed by atoms with E-state index < -0.39 is 9.84 Å². The monoisotopic (exact) mass is 482 g/mol. The highest BCUT2D eigenvalue weighted by molar-refractivity contribution is 7.91. The van der Waals surface area contributed by atoms with Crippen molar-refractivity contribution in [2.75, 3.05) is 0 Å². The Kier molecular flexibility index (Phi) is 6.50. The molecule has 0 N–H and O–H groups in total. The molecule has 0 saturated heterocycles. The summed E-state index contributed by atoms with van der Waals surface area (Å²) < 4.78 is 28.8. The van der Waals surface area contributed by atoms with E-state index in [1.54, 1.807) is 0 Å². The van der Waals surface area contributed by atoms with Crippen molar-refractivity contribution in [2.24, 2.45) is 0 Å². The van der Waals surface area contributed by atoms with E-state index in [2.05, 4.69) is 76.2 Å². The summed E-state index contributed by atoms with van der Waals surface area (Å²) in [5.74, 6) is 0. The average molecular weight is 483 g/mol. The van der Waals surface area contributed by atoms with Crippen molar-refractivity contribution in [1.29, 1.82) is 0 Å². The van der Waals surface area contributed by atoms with E-state index in [1.807, 2.05) is 39.8 Å². The molecule has 0 unspecified atom stereocenters. The van der Waals surface area contributed by atoms with Gasteiger partial charge in [0.2, 0.25) is 9.84 Å². The van der Waals surface area contributed by atoms with E-state index in [1.165, 1.54) is 11.1 Å². The van der Waals surface area contributed by atoms with E-state index in [0.717, 1.165) is 55.6 Å². The molecule has 0 saturated carbocycles. The largest absolute Gasteiger partial charge is 0.218 e. The molecule has 0 radical (unpaired) electrons. The number of hydrogen-bond acceptors (Lipinski definition) is 2. The van der Waals surface area contributed by atoms with Gasteiger partial charge in [0, 0.05) is 0 Å². The second-order valence-electron chi connectivity index (χ2n) is 9.91. The van der Waals surface area contributed by atoms with Gasteiger partial charge in [-0.25, -0.2) is 8.42 Å². The van der Waals surface area contributed by atoms with Gasteiger partial charge in [-0.05, 0) is 111 Å². The van der Waals surface area contributed by atoms with Crippen molar-refractivity contribution in [3.8, 4) is 22.3 Å². The first kappa shape index (κ1) is 24.9. The molecule has 3 heteroatoms. The van der Waals surface area contributed by atoms with Crippen LogP contribution in [-0.2, 0) is 9.84 Å². The third-order valence-electron chi connectivity index (χ3n) is 7.02. The van der Waals surface area contributed by atoms with E-state index in [-0.39, 0.29) is 0 Å². The van der Waals surface area contributed by atoms with Crippen molar-refractivity contribution >= 4 is 9.84 Å². The summed E-state index contributed by atoms with van der Waals surface area (Å²) in [5.41, 5.74) is 11.8. The van der Waals surface area contributed by atoms with E-state index >= 15 is 0 Å². The highest BCUT2D eigenvalue weighted by Crippen LogP contribution is 2.41. The van der Waals surface area contributed by atoms with Crippen LogP contribution >= 0.6 is 0 Å². The van der Waals surface area contributed by atoms with Gasteiger partial charge in [-0.2, -0.15) is 0 Å². The maximum atomic E-state index is 14.4. The number of aryl methyl sites for hydroxylation is 6. The lowest BCUT2D eigenvalue weighted by Crippen LogP contribution is -2.12. The van der Waals surface area contributed by atoms with Crippen LogP contribution in [0, 0.1) is 55.4 Å². The zero-order valence-electron chi connectivity index (χ0n) is 22.0. The smallest absolute Gasteiger partial charge is 0.207 e. The first-order valence-electron chi connectivity index (χ1n) is 12.0. The Bertz CT molecular complexity index is 1430. The Morgan fingerprint density at radius 1 is 0.457 bits per heavy atom. The van der Waals surface area contributed by atoms with Gasteiger partial charge in [0.25, 0.3) is 0 Å². The molecule has 0 spiro atoms. The predicted octanol–water partition coefficient (Wildman–Crippen LogP) is 8.32. The zero-order valence-corrected chi connectivity index (χ0v) is 22.8. The van der Waals surface area contributed by atoms with Crippen LogP contribution in [0.15, 0.2) is 70.5 Å². The summed E-state index contributed by atoms with van der Waals surface area (Å²) in [6.07, 6.45) is 0. The standard InChI is InChI=1S/C32H34O2S/c1-19-9-13-27(14-10-19)29-21(3)17-23(5)31(25(29)7)35(33,34)32-24(6)18-22(4)30(26(32)8)28-15-11-20(2)12-16-28/h9-18H,1-8H3. The number of rotatable bonds is 4. The number of hydrogen-bond donors (Lipinski definition) is 0. The maximum Gasteiger partial charge on any atom is 0.207 e. The molecular formula is C32H34O2S. The molecule has 0 fully saturated rings. The summed E-state index contributed by atoms with van der Waals surface area (Å²) in [7, 11) is -3.77. The van der Waals surface area contributed by atoms with Crippen molar-refractivity contribution in [3.05, 3.63) is 105 Å². The Balaban J connectivity index is 2.01. The lowest BCUT2D eigenvalue weighted by molar-refractivity contribution is 0.593. The van der Waals surface area contributed by atoms with Gasteiger partial charge in [0.1, 0.15) is 0 Å². The first-order valence-corrected chi connectivity index (χ1v) is 13.5. The molecule has 4 aromatic carbocycles. The minimum absolute atomic E-state index is 0.420. The van der Waals surface area contributed by atoms with Crippen molar-refractivity contribution in [1.82, 2.24) is 0 Å². The van der Waals surface area contributed by atoms with Crippen LogP contribution in [0.3, 0.4) is 0 Å². The van der Waals surface area contributed by atoms with Gasteiger partial charge in [-0.3, -0.25) is 0 Å². The third-order valence-corrected chi connectivity index (χ3v) is 9.35. The summed E-state index contributed by atoms with van der Waals surface area (Å²) in [6.45, 7) is 15.9. The molecule has 2 nitrogen and oxygen atoms in total. The number of sulfone groups is 1. The lowest BCUT2D eigenvalue weighted by Gasteiger charge is -2.22. The quantitative estimate of drug-likeness (QED) is 0.293. The van der Waals surface area contributed by atoms with Crippen LogP contribution in [-0.4, -0.2) is 8.42 Å². The minimum atomic E-state index is -3.77. The maximum absolute atomic E-state index is 14.4. The normalized spacial score (nSPS) is 11.7. The van der Waals surface area contributed by atoms with E-state index in [9.17, 15) is 8.42 Å². The molecule has 0 atom stereocenters. The van der Waals surface area contributed by atoms with Crippen molar-refractivity contribution < 1.29 is 8.42 Å². The van der Waals surface area contributed by atoms with E-state index in [0.29, 0.717) is 9.79 Å². The summed E-state index contributed by atoms with van der Waals surface area (Å²) in [5, 5.41) is 0. The fourth-order valence-corrected chi connectivity index (χ4v) is 7.77. The highest BCUT2D eigenvalue weighted by atomic mass is 32.2. The van der Waals surface area contributed by atoms with Gasteiger partial charge in [0.05, 0.1) is 9.79 Å². The van der Waals surface area contributed by atoms with Gasteiger partial charge in [0.15, 0.2) is 0 Å². The SMILES string of the molecule is Cc1ccc(-c2c(C)cc(C)c(S(=O)(=O)c3c(C)cc(C)c(-c4ccc(C)cc4)c3C)c2C)cc1. The van der Waals surface area contributed by atoms with Gasteiger partial charge in [-0.15, -0.1) is 0 Å². The van der Waals surface area contributed by atoms with Gasteiger partial charge in [-0.1, -0.05) is 71.8 Å². The summed E-state index contributed by atoms with van der Waals surface area (Å²) in [6, 6.07) is 20.6. The first-order chi connectivity index (χ1) is 16.4. The highest BCUT2D eigenvalue weighted by Gasteiger charge is 2.30. The average Bonchev–Trinajstić information content (AvgIpc) is 2.75. The summed E-state index contributed by atoms with van der Waals surface area (Å²) >= 11 is 0. The second kappa shape index (κ2) is 9.13. The molecule has 0 aromatic heterocycles. The Labute approximate surface area is 210 Å². The zero-order chi connectivity index (χ0) is 25.7. The van der Waals surface area contributed by atoms with Crippen LogP contribution in [0.2, 0.25) is 0 Å². The molecule has 35 heavy (non-hydrogen) atoms. The molecule has 4 rings (SSSR count). The van der Waals surface area contributed by atoms with E-state index in [4.69, 9.17) is 0 Å². The molecule has 0 bridgehead atoms. The summed E-state index contributed by atoms with van der Waals surface area (Å²) in [4.78, 5) is 0.840. The molecule has 180 valence electrons. The predicted molar refractivity (Wildman–Crippen MR) is 147 cm³/mol. The molecule has 0 aliphatic carbocycles. The van der Waals surface area contributed by atoms with Crippen LogP contribution in [0.1, 0.15) is 44.5 Å². The lowest BCUT2D eigenvalue weighted by atomic mass is 9.93. The van der Waals surface area contributed by atoms with Crippen molar-refractivity contribution in [3.63, 3.8) is 0 Å². The Morgan fingerprint density at radius 2 is 0.771 bits per heavy atom. The van der Waals surface area contributed by atoms with Crippen LogP contribution in [0.25, 0.3) is 22.3 Å². The van der Waals surface area contributed by atoms with Crippen LogP contribution in [0.5, 0.6) is 0 Å². The number of benzene rings is 4. The fourth-order valence-electron chi connectivity index (χ4n) is 5.59. The molecule has 4 aromatic rings. The minimum Gasteiger partial charge on any atom is -0.218 e. The molecule has 0 amide bonds. The molecule has 0 aliphatic heterocycles. The van der Waals surface area contributed by atoms with Crippen LogP contribution < -0.4 is 0 Å². The van der Waals surface area contributed by atoms with Gasteiger partial charge < -0.3 is 0 Å². The van der Waals surface area contributed by atoms with Gasteiger partial charge >= 0.3 is 0 Å². The molecule has 0 aliphatic rings. The van der Waals surface area contributed by atoms with Crippen LogP contribution in [0.4, 0.5) is 0 Å². The Morgan fingerprint density at radius 3 is 1.09 bits per heavy atom. The van der Waals surface area contributed by atoms with Crippen molar-refractivity contribution in [2.45, 2.75) is 65.2 Å². The molecular weight excluding hydrogens is 448 g/mol. The topological polar surface area (TPSA) is 34.1 Å². The molecule has 0 heterocycles. The third kappa shape index (κ3) is 4.34.